The zero-order chi connectivity index (χ0) is 17.9. The third kappa shape index (κ3) is 3.88. The van der Waals surface area contributed by atoms with Crippen molar-refractivity contribution >= 4 is 27.0 Å². The fraction of sp³-hybridized carbons (Fsp3) is 0.167. The highest BCUT2D eigenvalue weighted by atomic mass is 32.2. The first-order valence-electron chi connectivity index (χ1n) is 7.76. The fourth-order valence-electron chi connectivity index (χ4n) is 2.38. The van der Waals surface area contributed by atoms with Gasteiger partial charge in [-0.25, -0.2) is 12.8 Å². The van der Waals surface area contributed by atoms with E-state index in [0.717, 1.165) is 16.9 Å². The van der Waals surface area contributed by atoms with Crippen LogP contribution in [-0.4, -0.2) is 13.4 Å². The van der Waals surface area contributed by atoms with Crippen molar-refractivity contribution < 1.29 is 12.8 Å². The number of aromatic nitrogens is 1. The number of hydrogen-bond donors (Lipinski definition) is 0. The maximum atomic E-state index is 13.3. The van der Waals surface area contributed by atoms with Crippen molar-refractivity contribution in [3.8, 4) is 0 Å². The predicted octanol–water partition coefficient (Wildman–Crippen LogP) is 4.24. The number of aryl methyl sites for hydroxylation is 1. The summed E-state index contributed by atoms with van der Waals surface area (Å²) in [6.07, 6.45) is 4.03. The van der Waals surface area contributed by atoms with Gasteiger partial charge >= 0.3 is 0 Å². The highest BCUT2D eigenvalue weighted by molar-refractivity contribution is 7.94. The Balaban J connectivity index is 2.04. The minimum Gasteiger partial charge on any atom is -0.264 e. The third-order valence-electron chi connectivity index (χ3n) is 3.69. The first-order chi connectivity index (χ1) is 12.0. The predicted molar refractivity (Wildman–Crippen MR) is 97.7 cm³/mol. The summed E-state index contributed by atoms with van der Waals surface area (Å²) in [5.74, 6) is -0.410. The molecule has 130 valence electrons. The number of hydrogen-bond acceptors (Lipinski definition) is 4. The van der Waals surface area contributed by atoms with Gasteiger partial charge in [0.2, 0.25) is 0 Å². The average molecular weight is 376 g/mol. The van der Waals surface area contributed by atoms with Gasteiger partial charge in [-0.15, -0.1) is 11.3 Å². The topological polar surface area (TPSA) is 50.3 Å². The van der Waals surface area contributed by atoms with Crippen molar-refractivity contribution in [2.45, 2.75) is 24.1 Å². The molecule has 3 aromatic rings. The molecule has 1 aromatic carbocycles. The summed E-state index contributed by atoms with van der Waals surface area (Å²) in [6, 6.07) is 12.5. The molecule has 0 amide bonds. The van der Waals surface area contributed by atoms with E-state index in [-0.39, 0.29) is 10.8 Å². The molecule has 0 atom stereocenters. The van der Waals surface area contributed by atoms with E-state index in [1.807, 2.05) is 19.1 Å². The maximum Gasteiger partial charge on any atom is 0.274 e. The van der Waals surface area contributed by atoms with E-state index in [1.165, 1.54) is 39.9 Å². The van der Waals surface area contributed by atoms with Crippen LogP contribution in [-0.2, 0) is 23.0 Å². The van der Waals surface area contributed by atoms with E-state index in [4.69, 9.17) is 0 Å². The second-order valence-corrected chi connectivity index (χ2v) is 8.68. The Morgan fingerprint density at radius 3 is 2.48 bits per heavy atom. The van der Waals surface area contributed by atoms with Gasteiger partial charge in [-0.3, -0.25) is 9.29 Å². The van der Waals surface area contributed by atoms with Crippen LogP contribution in [0.1, 0.15) is 17.4 Å². The smallest absolute Gasteiger partial charge is 0.264 e. The summed E-state index contributed by atoms with van der Waals surface area (Å²) in [5, 5.41) is 0. The summed E-state index contributed by atoms with van der Waals surface area (Å²) in [7, 11) is -3.75. The molecular weight excluding hydrogens is 359 g/mol. The van der Waals surface area contributed by atoms with Crippen LogP contribution >= 0.6 is 11.3 Å². The van der Waals surface area contributed by atoms with E-state index in [1.54, 1.807) is 24.5 Å². The Bertz CT molecular complexity index is 939. The van der Waals surface area contributed by atoms with Crippen molar-refractivity contribution in [3.05, 3.63) is 77.2 Å². The number of thiophene rings is 1. The molecule has 25 heavy (non-hydrogen) atoms. The van der Waals surface area contributed by atoms with Crippen LogP contribution in [0.3, 0.4) is 0 Å². The molecule has 0 fully saturated rings. The second kappa shape index (κ2) is 7.33. The standard InChI is InChI=1S/C18H17FN2O2S2/c1-2-17-9-10-18(24-17)25(22,23)21(13-14-4-3-11-20-12-14)16-7-5-15(19)6-8-16/h3-12H,2,13H2,1H3. The Hall–Kier alpha value is -2.25. The van der Waals surface area contributed by atoms with Gasteiger partial charge in [-0.1, -0.05) is 13.0 Å². The average Bonchev–Trinajstić information content (AvgIpc) is 3.11. The molecule has 0 saturated carbocycles. The molecule has 0 radical (unpaired) electrons. The number of pyridine rings is 1. The molecule has 4 nitrogen and oxygen atoms in total. The van der Waals surface area contributed by atoms with Crippen molar-refractivity contribution in [1.29, 1.82) is 0 Å². The molecular formula is C18H17FN2O2S2. The molecule has 3 rings (SSSR count). The van der Waals surface area contributed by atoms with Crippen LogP contribution < -0.4 is 4.31 Å². The van der Waals surface area contributed by atoms with Crippen LogP contribution in [0.4, 0.5) is 10.1 Å². The summed E-state index contributed by atoms with van der Waals surface area (Å²) in [5.41, 5.74) is 1.17. The summed E-state index contributed by atoms with van der Waals surface area (Å²) in [4.78, 5) is 5.04. The van der Waals surface area contributed by atoms with E-state index < -0.39 is 15.8 Å². The van der Waals surface area contributed by atoms with Crippen molar-refractivity contribution in [3.63, 3.8) is 0 Å². The van der Waals surface area contributed by atoms with Gasteiger partial charge in [0.25, 0.3) is 10.0 Å². The lowest BCUT2D eigenvalue weighted by Gasteiger charge is -2.23. The molecule has 2 aromatic heterocycles. The SMILES string of the molecule is CCc1ccc(S(=O)(=O)N(Cc2cccnc2)c2ccc(F)cc2)s1. The van der Waals surface area contributed by atoms with Gasteiger partial charge in [-0.2, -0.15) is 0 Å². The lowest BCUT2D eigenvalue weighted by atomic mass is 10.2. The van der Waals surface area contributed by atoms with Crippen molar-refractivity contribution in [2.24, 2.45) is 0 Å². The van der Waals surface area contributed by atoms with E-state index in [2.05, 4.69) is 4.98 Å². The van der Waals surface area contributed by atoms with Gasteiger partial charge in [0.1, 0.15) is 10.0 Å². The van der Waals surface area contributed by atoms with Gasteiger partial charge in [0, 0.05) is 17.3 Å². The Kier molecular flexibility index (Phi) is 5.15. The minimum atomic E-state index is -3.75. The molecule has 0 aliphatic heterocycles. The third-order valence-corrected chi connectivity index (χ3v) is 7.16. The van der Waals surface area contributed by atoms with Gasteiger partial charge in [0.15, 0.2) is 0 Å². The molecule has 2 heterocycles. The zero-order valence-electron chi connectivity index (χ0n) is 13.6. The number of nitrogens with zero attached hydrogens (tertiary/aromatic N) is 2. The van der Waals surface area contributed by atoms with Crippen LogP contribution in [0.25, 0.3) is 0 Å². The fourth-order valence-corrected chi connectivity index (χ4v) is 5.24. The number of sulfonamides is 1. The van der Waals surface area contributed by atoms with Gasteiger partial charge in [0.05, 0.1) is 12.2 Å². The summed E-state index contributed by atoms with van der Waals surface area (Å²) in [6.45, 7) is 2.11. The van der Waals surface area contributed by atoms with E-state index in [0.29, 0.717) is 5.69 Å². The maximum absolute atomic E-state index is 13.3. The Morgan fingerprint density at radius 1 is 1.12 bits per heavy atom. The summed E-state index contributed by atoms with van der Waals surface area (Å²) >= 11 is 1.26. The molecule has 0 bridgehead atoms. The molecule has 0 aliphatic rings. The Morgan fingerprint density at radius 2 is 1.88 bits per heavy atom. The first kappa shape index (κ1) is 17.6. The monoisotopic (exact) mass is 376 g/mol. The second-order valence-electron chi connectivity index (χ2n) is 5.42. The lowest BCUT2D eigenvalue weighted by Crippen LogP contribution is -2.30. The normalized spacial score (nSPS) is 11.4. The minimum absolute atomic E-state index is 0.126. The largest absolute Gasteiger partial charge is 0.274 e. The molecule has 0 spiro atoms. The van der Waals surface area contributed by atoms with E-state index in [9.17, 15) is 12.8 Å². The van der Waals surface area contributed by atoms with Crippen molar-refractivity contribution in [2.75, 3.05) is 4.31 Å². The van der Waals surface area contributed by atoms with Gasteiger partial charge < -0.3 is 0 Å². The molecule has 7 heteroatoms. The first-order valence-corrected chi connectivity index (χ1v) is 10.0. The van der Waals surface area contributed by atoms with Crippen LogP contribution in [0.5, 0.6) is 0 Å². The van der Waals surface area contributed by atoms with E-state index >= 15 is 0 Å². The molecule has 0 aliphatic carbocycles. The molecule has 0 N–H and O–H groups in total. The van der Waals surface area contributed by atoms with Gasteiger partial charge in [-0.05, 0) is 54.4 Å². The number of rotatable bonds is 6. The van der Waals surface area contributed by atoms with Crippen LogP contribution in [0.15, 0.2) is 65.1 Å². The number of halogens is 1. The number of benzene rings is 1. The van der Waals surface area contributed by atoms with Crippen molar-refractivity contribution in [1.82, 2.24) is 4.98 Å². The highest BCUT2D eigenvalue weighted by Gasteiger charge is 2.27. The van der Waals surface area contributed by atoms with Crippen LogP contribution in [0, 0.1) is 5.82 Å². The highest BCUT2D eigenvalue weighted by Crippen LogP contribution is 2.30. The summed E-state index contributed by atoms with van der Waals surface area (Å²) < 4.78 is 41.2. The molecule has 0 saturated heterocycles. The number of anilines is 1. The van der Waals surface area contributed by atoms with Crippen LogP contribution in [0.2, 0.25) is 0 Å². The zero-order valence-corrected chi connectivity index (χ0v) is 15.2. The Labute approximate surface area is 150 Å². The molecule has 0 unspecified atom stereocenters. The quantitative estimate of drug-likeness (QED) is 0.646. The lowest BCUT2D eigenvalue weighted by molar-refractivity contribution is 0.592.